The third kappa shape index (κ3) is 4.99. The summed E-state index contributed by atoms with van der Waals surface area (Å²) >= 11 is 0. The zero-order valence-electron chi connectivity index (χ0n) is 14.9. The van der Waals surface area contributed by atoms with E-state index in [4.69, 9.17) is 4.74 Å². The number of para-hydroxylation sites is 1. The first-order valence-corrected chi connectivity index (χ1v) is 8.56. The van der Waals surface area contributed by atoms with Gasteiger partial charge in [-0.2, -0.15) is 5.10 Å². The minimum absolute atomic E-state index is 0.0595. The molecule has 6 nitrogen and oxygen atoms in total. The molecular formula is C20H21FN4O2. The molecule has 1 aliphatic heterocycles. The lowest BCUT2D eigenvalue weighted by atomic mass is 10.0. The van der Waals surface area contributed by atoms with E-state index >= 15 is 0 Å². The third-order valence-electron chi connectivity index (χ3n) is 4.24. The van der Waals surface area contributed by atoms with Gasteiger partial charge in [-0.1, -0.05) is 30.3 Å². The van der Waals surface area contributed by atoms with Crippen molar-refractivity contribution in [2.75, 3.05) is 7.11 Å². The standard InChI is InChI=1S/C20H21FN4O2/c1-27-19-7-3-2-5-15(19)6-4-12-22-25-20(26)18-13-17(23-24-18)14-8-10-16(21)11-9-14/h2-12,17-18,23-24H,13H2,1H3,(H,25,26)/b6-4+,22-12+. The van der Waals surface area contributed by atoms with E-state index in [0.717, 1.165) is 16.9 Å². The van der Waals surface area contributed by atoms with Crippen molar-refractivity contribution in [2.45, 2.75) is 18.5 Å². The predicted molar refractivity (Wildman–Crippen MR) is 102 cm³/mol. The van der Waals surface area contributed by atoms with Gasteiger partial charge in [-0.05, 0) is 42.3 Å². The van der Waals surface area contributed by atoms with Crippen LogP contribution in [0.3, 0.4) is 0 Å². The first-order valence-electron chi connectivity index (χ1n) is 8.56. The van der Waals surface area contributed by atoms with Gasteiger partial charge in [0.2, 0.25) is 0 Å². The van der Waals surface area contributed by atoms with Crippen LogP contribution in [0.15, 0.2) is 59.7 Å². The molecule has 3 rings (SSSR count). The zero-order valence-corrected chi connectivity index (χ0v) is 14.9. The van der Waals surface area contributed by atoms with Crippen molar-refractivity contribution < 1.29 is 13.9 Å². The van der Waals surface area contributed by atoms with Gasteiger partial charge >= 0.3 is 0 Å². The Balaban J connectivity index is 1.49. The second-order valence-corrected chi connectivity index (χ2v) is 6.04. The molecule has 27 heavy (non-hydrogen) atoms. The minimum atomic E-state index is -0.421. The lowest BCUT2D eigenvalue weighted by Crippen LogP contribution is -2.41. The summed E-state index contributed by atoms with van der Waals surface area (Å²) in [5.41, 5.74) is 10.3. The molecule has 1 saturated heterocycles. The lowest BCUT2D eigenvalue weighted by molar-refractivity contribution is -0.122. The molecule has 0 spiro atoms. The van der Waals surface area contributed by atoms with Crippen LogP contribution in [0.25, 0.3) is 6.08 Å². The van der Waals surface area contributed by atoms with Crippen LogP contribution in [-0.2, 0) is 4.79 Å². The number of hydrazone groups is 1. The van der Waals surface area contributed by atoms with Crippen LogP contribution in [0.5, 0.6) is 5.75 Å². The fourth-order valence-corrected chi connectivity index (χ4v) is 2.81. The highest BCUT2D eigenvalue weighted by atomic mass is 19.1. The van der Waals surface area contributed by atoms with E-state index in [0.29, 0.717) is 6.42 Å². The van der Waals surface area contributed by atoms with Crippen molar-refractivity contribution in [1.29, 1.82) is 0 Å². The maximum absolute atomic E-state index is 13.0. The topological polar surface area (TPSA) is 74.8 Å². The van der Waals surface area contributed by atoms with Crippen molar-refractivity contribution >= 4 is 18.2 Å². The van der Waals surface area contributed by atoms with Gasteiger partial charge in [-0.25, -0.2) is 20.7 Å². The fourth-order valence-electron chi connectivity index (χ4n) is 2.81. The SMILES string of the molecule is COc1ccccc1/C=C/C=N/NC(=O)C1CC(c2ccc(F)cc2)NN1. The van der Waals surface area contributed by atoms with Crippen LogP contribution < -0.4 is 21.0 Å². The van der Waals surface area contributed by atoms with E-state index in [1.165, 1.54) is 18.3 Å². The molecule has 2 aromatic rings. The quantitative estimate of drug-likeness (QED) is 0.541. The summed E-state index contributed by atoms with van der Waals surface area (Å²) in [5.74, 6) is 0.239. The first-order chi connectivity index (χ1) is 13.2. The Labute approximate surface area is 157 Å². The van der Waals surface area contributed by atoms with Crippen molar-refractivity contribution in [3.63, 3.8) is 0 Å². The maximum Gasteiger partial charge on any atom is 0.258 e. The van der Waals surface area contributed by atoms with Crippen molar-refractivity contribution in [3.8, 4) is 5.75 Å². The summed E-state index contributed by atoms with van der Waals surface area (Å²) in [5, 5.41) is 3.93. The van der Waals surface area contributed by atoms with Gasteiger partial charge in [0.15, 0.2) is 0 Å². The Morgan fingerprint density at radius 3 is 2.78 bits per heavy atom. The van der Waals surface area contributed by atoms with E-state index in [2.05, 4.69) is 21.4 Å². The van der Waals surface area contributed by atoms with Gasteiger partial charge in [0.05, 0.1) is 7.11 Å². The zero-order chi connectivity index (χ0) is 19.1. The van der Waals surface area contributed by atoms with Crippen molar-refractivity contribution in [3.05, 3.63) is 71.6 Å². The van der Waals surface area contributed by atoms with Gasteiger partial charge in [-0.15, -0.1) is 0 Å². The van der Waals surface area contributed by atoms with E-state index in [1.807, 2.05) is 30.3 Å². The Hall–Kier alpha value is -3.03. The number of hydrogen-bond acceptors (Lipinski definition) is 5. The van der Waals surface area contributed by atoms with Crippen molar-refractivity contribution in [2.24, 2.45) is 5.10 Å². The third-order valence-corrected chi connectivity index (χ3v) is 4.24. The summed E-state index contributed by atoms with van der Waals surface area (Å²) in [6.07, 6.45) is 5.61. The number of ether oxygens (including phenoxy) is 1. The van der Waals surface area contributed by atoms with E-state index in [-0.39, 0.29) is 17.8 Å². The maximum atomic E-state index is 13.0. The molecular weight excluding hydrogens is 347 g/mol. The molecule has 0 aliphatic carbocycles. The molecule has 2 atom stereocenters. The number of rotatable bonds is 6. The highest BCUT2D eigenvalue weighted by Gasteiger charge is 2.29. The summed E-state index contributed by atoms with van der Waals surface area (Å²) < 4.78 is 18.3. The molecule has 1 heterocycles. The average molecular weight is 368 g/mol. The van der Waals surface area contributed by atoms with Crippen LogP contribution in [0, 0.1) is 5.82 Å². The van der Waals surface area contributed by atoms with Crippen LogP contribution in [0.1, 0.15) is 23.6 Å². The Kier molecular flexibility index (Phi) is 6.30. The minimum Gasteiger partial charge on any atom is -0.496 e. The van der Waals surface area contributed by atoms with Gasteiger partial charge in [-0.3, -0.25) is 4.79 Å². The Bertz CT molecular complexity index is 836. The number of amides is 1. The number of hydrogen-bond donors (Lipinski definition) is 3. The number of hydrazine groups is 1. The van der Waals surface area contributed by atoms with Crippen LogP contribution in [0.4, 0.5) is 4.39 Å². The molecule has 0 saturated carbocycles. The number of benzene rings is 2. The van der Waals surface area contributed by atoms with Crippen LogP contribution in [-0.4, -0.2) is 25.3 Å². The number of halogens is 1. The molecule has 140 valence electrons. The number of carbonyl (C=O) groups excluding carboxylic acids is 1. The van der Waals surface area contributed by atoms with E-state index < -0.39 is 6.04 Å². The first kappa shape index (κ1) is 18.8. The second-order valence-electron chi connectivity index (χ2n) is 6.04. The van der Waals surface area contributed by atoms with E-state index in [1.54, 1.807) is 25.3 Å². The van der Waals surface area contributed by atoms with Gasteiger partial charge in [0.1, 0.15) is 17.6 Å². The largest absolute Gasteiger partial charge is 0.496 e. The molecule has 3 N–H and O–H groups in total. The van der Waals surface area contributed by atoms with Crippen LogP contribution in [0.2, 0.25) is 0 Å². The molecule has 1 fully saturated rings. The highest BCUT2D eigenvalue weighted by Crippen LogP contribution is 2.22. The molecule has 1 aliphatic rings. The molecule has 0 radical (unpaired) electrons. The molecule has 0 bridgehead atoms. The molecule has 0 aromatic heterocycles. The van der Waals surface area contributed by atoms with Gasteiger partial charge in [0, 0.05) is 17.8 Å². The number of methoxy groups -OCH3 is 1. The lowest BCUT2D eigenvalue weighted by Gasteiger charge is -2.09. The monoisotopic (exact) mass is 368 g/mol. The summed E-state index contributed by atoms with van der Waals surface area (Å²) in [4.78, 5) is 12.2. The predicted octanol–water partition coefficient (Wildman–Crippen LogP) is 2.56. The van der Waals surface area contributed by atoms with E-state index in [9.17, 15) is 9.18 Å². The highest BCUT2D eigenvalue weighted by molar-refractivity contribution is 5.84. The smallest absolute Gasteiger partial charge is 0.258 e. The van der Waals surface area contributed by atoms with Crippen molar-refractivity contribution in [1.82, 2.24) is 16.3 Å². The van der Waals surface area contributed by atoms with Gasteiger partial charge < -0.3 is 4.74 Å². The number of nitrogens with one attached hydrogen (secondary N) is 3. The summed E-state index contributed by atoms with van der Waals surface area (Å²) in [6.45, 7) is 0. The molecule has 2 aromatic carbocycles. The molecule has 7 heteroatoms. The summed E-state index contributed by atoms with van der Waals surface area (Å²) in [7, 11) is 1.61. The Morgan fingerprint density at radius 2 is 2.00 bits per heavy atom. The number of allylic oxidation sites excluding steroid dienone is 1. The molecule has 1 amide bonds. The Morgan fingerprint density at radius 1 is 1.22 bits per heavy atom. The number of carbonyl (C=O) groups is 1. The summed E-state index contributed by atoms with van der Waals surface area (Å²) in [6, 6.07) is 13.3. The average Bonchev–Trinajstić information content (AvgIpc) is 3.19. The molecule has 2 unspecified atom stereocenters. The van der Waals surface area contributed by atoms with Gasteiger partial charge in [0.25, 0.3) is 5.91 Å². The second kappa shape index (κ2) is 9.07. The van der Waals surface area contributed by atoms with Crippen LogP contribution >= 0.6 is 0 Å². The fraction of sp³-hybridized carbons (Fsp3) is 0.200. The normalized spacial score (nSPS) is 19.6. The number of nitrogens with zero attached hydrogens (tertiary/aromatic N) is 1.